The average Bonchev–Trinajstić information content (AvgIpc) is 2.71. The Kier molecular flexibility index (Phi) is 7.31. The molecule has 0 spiro atoms. The van der Waals surface area contributed by atoms with Crippen LogP contribution in [-0.2, 0) is 9.53 Å². The number of rotatable bonds is 7. The Balaban J connectivity index is 2.24. The number of ether oxygens (including phenoxy) is 3. The van der Waals surface area contributed by atoms with Crippen molar-refractivity contribution >= 4 is 35.4 Å². The molecule has 0 saturated heterocycles. The highest BCUT2D eigenvalue weighted by Crippen LogP contribution is 2.33. The van der Waals surface area contributed by atoms with Gasteiger partial charge in [-0.15, -0.1) is 11.8 Å². The lowest BCUT2D eigenvalue weighted by Crippen LogP contribution is -2.13. The Labute approximate surface area is 162 Å². The van der Waals surface area contributed by atoms with Crippen LogP contribution in [0.15, 0.2) is 47.4 Å². The van der Waals surface area contributed by atoms with E-state index in [0.29, 0.717) is 11.5 Å². The summed E-state index contributed by atoms with van der Waals surface area (Å²) in [6.07, 6.45) is 5.09. The van der Waals surface area contributed by atoms with Gasteiger partial charge in [0.15, 0.2) is 11.5 Å². The van der Waals surface area contributed by atoms with E-state index in [0.717, 1.165) is 10.5 Å². The lowest BCUT2D eigenvalue weighted by molar-refractivity contribution is -0.111. The van der Waals surface area contributed by atoms with Gasteiger partial charge in [0.05, 0.1) is 32.6 Å². The SMILES string of the molecule is COC(=O)c1cc(OC)c(OC)cc1NC(=O)/C=C/c1ccc(SC)cc1. The van der Waals surface area contributed by atoms with Crippen LogP contribution in [0, 0.1) is 0 Å². The van der Waals surface area contributed by atoms with Crippen molar-refractivity contribution in [2.24, 2.45) is 0 Å². The van der Waals surface area contributed by atoms with Crippen LogP contribution in [0.5, 0.6) is 11.5 Å². The molecule has 0 aromatic heterocycles. The first-order valence-corrected chi connectivity index (χ1v) is 9.22. The predicted molar refractivity (Wildman–Crippen MR) is 107 cm³/mol. The molecule has 2 aromatic rings. The zero-order valence-electron chi connectivity index (χ0n) is 15.6. The predicted octanol–water partition coefficient (Wildman–Crippen LogP) is 3.86. The summed E-state index contributed by atoms with van der Waals surface area (Å²) in [5.74, 6) is -0.235. The highest BCUT2D eigenvalue weighted by molar-refractivity contribution is 7.98. The quantitative estimate of drug-likeness (QED) is 0.442. The van der Waals surface area contributed by atoms with Crippen LogP contribution in [0.2, 0.25) is 0 Å². The minimum atomic E-state index is -0.595. The number of nitrogens with one attached hydrogen (secondary N) is 1. The van der Waals surface area contributed by atoms with Gasteiger partial charge in [-0.25, -0.2) is 4.79 Å². The molecule has 0 atom stereocenters. The van der Waals surface area contributed by atoms with Crippen molar-refractivity contribution in [3.8, 4) is 11.5 Å². The molecule has 0 bridgehead atoms. The summed E-state index contributed by atoms with van der Waals surface area (Å²) < 4.78 is 15.2. The minimum absolute atomic E-state index is 0.168. The van der Waals surface area contributed by atoms with Crippen LogP contribution >= 0.6 is 11.8 Å². The molecule has 0 radical (unpaired) electrons. The number of carbonyl (C=O) groups excluding carboxylic acids is 2. The molecule has 0 heterocycles. The molecule has 2 rings (SSSR count). The monoisotopic (exact) mass is 387 g/mol. The number of benzene rings is 2. The maximum Gasteiger partial charge on any atom is 0.340 e. The fourth-order valence-corrected chi connectivity index (χ4v) is 2.73. The Morgan fingerprint density at radius 2 is 1.63 bits per heavy atom. The maximum atomic E-state index is 12.3. The second kappa shape index (κ2) is 9.68. The number of methoxy groups -OCH3 is 3. The summed E-state index contributed by atoms with van der Waals surface area (Å²) in [4.78, 5) is 25.5. The molecule has 1 amide bonds. The van der Waals surface area contributed by atoms with E-state index in [9.17, 15) is 9.59 Å². The van der Waals surface area contributed by atoms with Crippen molar-refractivity contribution in [1.82, 2.24) is 0 Å². The highest BCUT2D eigenvalue weighted by atomic mass is 32.2. The highest BCUT2D eigenvalue weighted by Gasteiger charge is 2.18. The lowest BCUT2D eigenvalue weighted by atomic mass is 10.1. The van der Waals surface area contributed by atoms with Gasteiger partial charge in [0.1, 0.15) is 0 Å². The molecule has 1 N–H and O–H groups in total. The van der Waals surface area contributed by atoms with Crippen molar-refractivity contribution in [3.05, 3.63) is 53.6 Å². The van der Waals surface area contributed by atoms with Gasteiger partial charge >= 0.3 is 5.97 Å². The Bertz CT molecular complexity index is 846. The van der Waals surface area contributed by atoms with Crippen LogP contribution < -0.4 is 14.8 Å². The second-order valence-electron chi connectivity index (χ2n) is 5.34. The molecule has 0 aliphatic heterocycles. The van der Waals surface area contributed by atoms with Crippen LogP contribution in [0.4, 0.5) is 5.69 Å². The van der Waals surface area contributed by atoms with E-state index in [1.165, 1.54) is 39.5 Å². The van der Waals surface area contributed by atoms with Crippen molar-refractivity contribution in [3.63, 3.8) is 0 Å². The summed E-state index contributed by atoms with van der Waals surface area (Å²) in [7, 11) is 4.20. The maximum absolute atomic E-state index is 12.3. The fourth-order valence-electron chi connectivity index (χ4n) is 2.32. The third-order valence-electron chi connectivity index (χ3n) is 3.73. The van der Waals surface area contributed by atoms with E-state index < -0.39 is 5.97 Å². The molecule has 0 saturated carbocycles. The van der Waals surface area contributed by atoms with Gasteiger partial charge in [-0.05, 0) is 30.0 Å². The molecule has 7 heteroatoms. The first-order valence-electron chi connectivity index (χ1n) is 7.99. The normalized spacial score (nSPS) is 10.5. The molecule has 0 unspecified atom stereocenters. The van der Waals surface area contributed by atoms with Gasteiger partial charge in [-0.1, -0.05) is 12.1 Å². The first kappa shape index (κ1) is 20.4. The van der Waals surface area contributed by atoms with E-state index >= 15 is 0 Å². The van der Waals surface area contributed by atoms with Crippen molar-refractivity contribution in [1.29, 1.82) is 0 Å². The standard InChI is InChI=1S/C20H21NO5S/c1-24-17-11-15(20(23)26-3)16(12-18(17)25-2)21-19(22)10-7-13-5-8-14(27-4)9-6-13/h5-12H,1-4H3,(H,21,22)/b10-7+. The zero-order chi connectivity index (χ0) is 19.8. The van der Waals surface area contributed by atoms with Crippen molar-refractivity contribution in [2.45, 2.75) is 4.90 Å². The number of thioether (sulfide) groups is 1. The molecular weight excluding hydrogens is 366 g/mol. The minimum Gasteiger partial charge on any atom is -0.493 e. The Hall–Kier alpha value is -2.93. The topological polar surface area (TPSA) is 73.9 Å². The molecule has 0 aliphatic rings. The summed E-state index contributed by atoms with van der Waals surface area (Å²) in [6, 6.07) is 10.8. The van der Waals surface area contributed by atoms with Gasteiger partial charge in [0, 0.05) is 23.1 Å². The average molecular weight is 387 g/mol. The first-order chi connectivity index (χ1) is 13.0. The molecule has 2 aromatic carbocycles. The van der Waals surface area contributed by atoms with Crippen LogP contribution in [0.3, 0.4) is 0 Å². The lowest BCUT2D eigenvalue weighted by Gasteiger charge is -2.14. The molecule has 6 nitrogen and oxygen atoms in total. The molecule has 0 aliphatic carbocycles. The van der Waals surface area contributed by atoms with Crippen molar-refractivity contribution < 1.29 is 23.8 Å². The third-order valence-corrected chi connectivity index (χ3v) is 4.47. The van der Waals surface area contributed by atoms with Gasteiger partial charge < -0.3 is 19.5 Å². The van der Waals surface area contributed by atoms with E-state index in [1.807, 2.05) is 30.5 Å². The molecule has 27 heavy (non-hydrogen) atoms. The summed E-state index contributed by atoms with van der Waals surface area (Å²) in [5, 5.41) is 2.68. The largest absolute Gasteiger partial charge is 0.493 e. The van der Waals surface area contributed by atoms with Crippen LogP contribution in [0.25, 0.3) is 6.08 Å². The van der Waals surface area contributed by atoms with Gasteiger partial charge in [-0.2, -0.15) is 0 Å². The number of esters is 1. The van der Waals surface area contributed by atoms with Crippen LogP contribution in [0.1, 0.15) is 15.9 Å². The van der Waals surface area contributed by atoms with Gasteiger partial charge in [0.2, 0.25) is 5.91 Å². The number of hydrogen-bond acceptors (Lipinski definition) is 6. The summed E-state index contributed by atoms with van der Waals surface area (Å²) in [5.41, 5.74) is 1.33. The number of carbonyl (C=O) groups is 2. The second-order valence-corrected chi connectivity index (χ2v) is 6.22. The van der Waals surface area contributed by atoms with Gasteiger partial charge in [-0.3, -0.25) is 4.79 Å². The number of anilines is 1. The van der Waals surface area contributed by atoms with Crippen LogP contribution in [-0.4, -0.2) is 39.5 Å². The van der Waals surface area contributed by atoms with E-state index in [4.69, 9.17) is 14.2 Å². The summed E-state index contributed by atoms with van der Waals surface area (Å²) >= 11 is 1.65. The zero-order valence-corrected chi connectivity index (χ0v) is 16.4. The third kappa shape index (κ3) is 5.27. The molecular formula is C20H21NO5S. The Morgan fingerprint density at radius 3 is 2.19 bits per heavy atom. The Morgan fingerprint density at radius 1 is 1.00 bits per heavy atom. The number of hydrogen-bond donors (Lipinski definition) is 1. The molecule has 142 valence electrons. The van der Waals surface area contributed by atoms with Crippen molar-refractivity contribution in [2.75, 3.05) is 32.9 Å². The van der Waals surface area contributed by atoms with E-state index in [1.54, 1.807) is 17.8 Å². The number of amides is 1. The van der Waals surface area contributed by atoms with E-state index in [-0.39, 0.29) is 17.2 Å². The molecule has 0 fully saturated rings. The fraction of sp³-hybridized carbons (Fsp3) is 0.200. The van der Waals surface area contributed by atoms with Gasteiger partial charge in [0.25, 0.3) is 0 Å². The smallest absolute Gasteiger partial charge is 0.340 e. The summed E-state index contributed by atoms with van der Waals surface area (Å²) in [6.45, 7) is 0. The van der Waals surface area contributed by atoms with E-state index in [2.05, 4.69) is 5.32 Å².